The predicted octanol–water partition coefficient (Wildman–Crippen LogP) is 0.0376. The quantitative estimate of drug-likeness (QED) is 0.693. The summed E-state index contributed by atoms with van der Waals surface area (Å²) in [4.78, 5) is 13.9. The maximum absolute atomic E-state index is 11.6. The Morgan fingerprint density at radius 1 is 1.60 bits per heavy atom. The van der Waals surface area contributed by atoms with Gasteiger partial charge in [0.15, 0.2) is 0 Å². The van der Waals surface area contributed by atoms with Crippen molar-refractivity contribution in [1.29, 1.82) is 0 Å². The van der Waals surface area contributed by atoms with Crippen LogP contribution in [0, 0.1) is 11.8 Å². The molecule has 0 aromatic rings. The fraction of sp³-hybridized carbons (Fsp3) is 0.909. The fourth-order valence-corrected chi connectivity index (χ4v) is 1.86. The summed E-state index contributed by atoms with van der Waals surface area (Å²) in [5.41, 5.74) is 5.75. The van der Waals surface area contributed by atoms with Crippen molar-refractivity contribution in [3.8, 4) is 0 Å². The maximum Gasteiger partial charge on any atom is 0.237 e. The molecule has 1 fully saturated rings. The Labute approximate surface area is 92.2 Å². The maximum atomic E-state index is 11.6. The summed E-state index contributed by atoms with van der Waals surface area (Å²) >= 11 is 0. The molecular formula is C11H23N3O. The largest absolute Gasteiger partial charge is 0.354 e. The van der Waals surface area contributed by atoms with E-state index in [1.807, 2.05) is 13.8 Å². The fourth-order valence-electron chi connectivity index (χ4n) is 1.86. The third kappa shape index (κ3) is 3.80. The molecule has 88 valence electrons. The number of rotatable bonds is 4. The van der Waals surface area contributed by atoms with Gasteiger partial charge < -0.3 is 16.0 Å². The molecule has 1 heterocycles. The van der Waals surface area contributed by atoms with Crippen LogP contribution in [0.3, 0.4) is 0 Å². The number of nitrogens with zero attached hydrogens (tertiary/aromatic N) is 1. The highest BCUT2D eigenvalue weighted by molar-refractivity contribution is 5.81. The summed E-state index contributed by atoms with van der Waals surface area (Å²) in [6, 6.07) is -0.371. The van der Waals surface area contributed by atoms with E-state index >= 15 is 0 Å². The Hall–Kier alpha value is -0.610. The Kier molecular flexibility index (Phi) is 4.54. The Morgan fingerprint density at radius 2 is 2.27 bits per heavy atom. The molecule has 0 aromatic carbocycles. The normalized spacial score (nSPS) is 24.5. The Balaban J connectivity index is 2.22. The van der Waals surface area contributed by atoms with E-state index in [0.29, 0.717) is 5.92 Å². The van der Waals surface area contributed by atoms with Gasteiger partial charge in [0.2, 0.25) is 5.91 Å². The molecule has 1 aliphatic rings. The lowest BCUT2D eigenvalue weighted by atomic mass is 10.0. The van der Waals surface area contributed by atoms with Crippen LogP contribution in [-0.2, 0) is 4.79 Å². The minimum atomic E-state index is -0.371. The summed E-state index contributed by atoms with van der Waals surface area (Å²) < 4.78 is 0. The molecule has 4 heteroatoms. The SMILES string of the molecule is CC(C)[C@H](N)C(=O)NC[C@H]1CCN(C)C1. The van der Waals surface area contributed by atoms with Gasteiger partial charge in [0.1, 0.15) is 0 Å². The van der Waals surface area contributed by atoms with Crippen molar-refractivity contribution >= 4 is 5.91 Å². The molecule has 0 aliphatic carbocycles. The topological polar surface area (TPSA) is 58.4 Å². The van der Waals surface area contributed by atoms with E-state index in [1.165, 1.54) is 6.42 Å². The van der Waals surface area contributed by atoms with Crippen molar-refractivity contribution in [3.63, 3.8) is 0 Å². The highest BCUT2D eigenvalue weighted by Crippen LogP contribution is 2.12. The van der Waals surface area contributed by atoms with Crippen LogP contribution < -0.4 is 11.1 Å². The van der Waals surface area contributed by atoms with Crippen molar-refractivity contribution in [1.82, 2.24) is 10.2 Å². The van der Waals surface area contributed by atoms with Gasteiger partial charge in [0.25, 0.3) is 0 Å². The van der Waals surface area contributed by atoms with Crippen LogP contribution in [0.15, 0.2) is 0 Å². The molecule has 0 radical (unpaired) electrons. The van der Waals surface area contributed by atoms with E-state index < -0.39 is 0 Å². The number of nitrogens with two attached hydrogens (primary N) is 1. The first kappa shape index (κ1) is 12.5. The zero-order valence-corrected chi connectivity index (χ0v) is 9.99. The first-order valence-electron chi connectivity index (χ1n) is 5.72. The first-order valence-corrected chi connectivity index (χ1v) is 5.72. The standard InChI is InChI=1S/C11H23N3O/c1-8(2)10(12)11(15)13-6-9-4-5-14(3)7-9/h8-10H,4-7,12H2,1-3H3,(H,13,15)/t9-,10+/m1/s1. The molecule has 4 nitrogen and oxygen atoms in total. The van der Waals surface area contributed by atoms with Crippen LogP contribution in [0.5, 0.6) is 0 Å². The van der Waals surface area contributed by atoms with E-state index in [0.717, 1.165) is 19.6 Å². The Morgan fingerprint density at radius 3 is 2.73 bits per heavy atom. The summed E-state index contributed by atoms with van der Waals surface area (Å²) in [7, 11) is 2.11. The van der Waals surface area contributed by atoms with Crippen molar-refractivity contribution in [2.75, 3.05) is 26.7 Å². The number of hydrogen-bond acceptors (Lipinski definition) is 3. The molecule has 1 rings (SSSR count). The summed E-state index contributed by atoms with van der Waals surface area (Å²) in [5.74, 6) is 0.786. The highest BCUT2D eigenvalue weighted by Gasteiger charge is 2.22. The molecule has 1 amide bonds. The average Bonchev–Trinajstić information content (AvgIpc) is 2.59. The smallest absolute Gasteiger partial charge is 0.237 e. The third-order valence-electron chi connectivity index (χ3n) is 3.07. The second-order valence-corrected chi connectivity index (χ2v) is 4.93. The molecule has 0 spiro atoms. The lowest BCUT2D eigenvalue weighted by Gasteiger charge is -2.17. The number of nitrogens with one attached hydrogen (secondary N) is 1. The van der Waals surface area contributed by atoms with Gasteiger partial charge in [0, 0.05) is 13.1 Å². The monoisotopic (exact) mass is 213 g/mol. The predicted molar refractivity (Wildman–Crippen MR) is 61.4 cm³/mol. The van der Waals surface area contributed by atoms with Gasteiger partial charge in [-0.15, -0.1) is 0 Å². The average molecular weight is 213 g/mol. The Bertz CT molecular complexity index is 218. The zero-order valence-electron chi connectivity index (χ0n) is 9.99. The minimum Gasteiger partial charge on any atom is -0.354 e. The number of carbonyl (C=O) groups is 1. The van der Waals surface area contributed by atoms with E-state index in [1.54, 1.807) is 0 Å². The second kappa shape index (κ2) is 5.47. The van der Waals surface area contributed by atoms with Gasteiger partial charge in [-0.25, -0.2) is 0 Å². The van der Waals surface area contributed by atoms with Gasteiger partial charge >= 0.3 is 0 Å². The van der Waals surface area contributed by atoms with Gasteiger partial charge in [-0.2, -0.15) is 0 Å². The lowest BCUT2D eigenvalue weighted by molar-refractivity contribution is -0.123. The van der Waals surface area contributed by atoms with Crippen molar-refractivity contribution in [2.45, 2.75) is 26.3 Å². The molecular weight excluding hydrogens is 190 g/mol. The van der Waals surface area contributed by atoms with Crippen molar-refractivity contribution in [3.05, 3.63) is 0 Å². The van der Waals surface area contributed by atoms with Crippen LogP contribution in [0.25, 0.3) is 0 Å². The van der Waals surface area contributed by atoms with Gasteiger partial charge in [0.05, 0.1) is 6.04 Å². The van der Waals surface area contributed by atoms with Crippen LogP contribution >= 0.6 is 0 Å². The third-order valence-corrected chi connectivity index (χ3v) is 3.07. The summed E-state index contributed by atoms with van der Waals surface area (Å²) in [6.07, 6.45) is 1.17. The molecule has 2 atom stereocenters. The molecule has 0 bridgehead atoms. The van der Waals surface area contributed by atoms with E-state index in [9.17, 15) is 4.79 Å². The van der Waals surface area contributed by atoms with Crippen LogP contribution in [0.1, 0.15) is 20.3 Å². The number of hydrogen-bond donors (Lipinski definition) is 2. The van der Waals surface area contributed by atoms with E-state index in [-0.39, 0.29) is 17.9 Å². The van der Waals surface area contributed by atoms with E-state index in [4.69, 9.17) is 5.73 Å². The molecule has 1 aliphatic heterocycles. The minimum absolute atomic E-state index is 0.0143. The van der Waals surface area contributed by atoms with Crippen LogP contribution in [-0.4, -0.2) is 43.5 Å². The molecule has 1 saturated heterocycles. The number of amides is 1. The van der Waals surface area contributed by atoms with E-state index in [2.05, 4.69) is 17.3 Å². The van der Waals surface area contributed by atoms with Gasteiger partial charge in [-0.3, -0.25) is 4.79 Å². The van der Waals surface area contributed by atoms with Gasteiger partial charge in [-0.1, -0.05) is 13.8 Å². The second-order valence-electron chi connectivity index (χ2n) is 4.93. The number of carbonyl (C=O) groups excluding carboxylic acids is 1. The summed E-state index contributed by atoms with van der Waals surface area (Å²) in [5, 5.41) is 2.94. The molecule has 15 heavy (non-hydrogen) atoms. The van der Waals surface area contributed by atoms with Crippen LogP contribution in [0.2, 0.25) is 0 Å². The highest BCUT2D eigenvalue weighted by atomic mass is 16.2. The molecule has 0 aromatic heterocycles. The number of likely N-dealkylation sites (tertiary alicyclic amines) is 1. The molecule has 0 saturated carbocycles. The molecule has 3 N–H and O–H groups in total. The van der Waals surface area contributed by atoms with Crippen molar-refractivity contribution in [2.24, 2.45) is 17.6 Å². The summed E-state index contributed by atoms with van der Waals surface area (Å²) in [6.45, 7) is 6.92. The zero-order chi connectivity index (χ0) is 11.4. The van der Waals surface area contributed by atoms with Crippen LogP contribution in [0.4, 0.5) is 0 Å². The van der Waals surface area contributed by atoms with Gasteiger partial charge in [-0.05, 0) is 31.8 Å². The van der Waals surface area contributed by atoms with Crippen molar-refractivity contribution < 1.29 is 4.79 Å². The lowest BCUT2D eigenvalue weighted by Crippen LogP contribution is -2.45. The molecule has 0 unspecified atom stereocenters. The first-order chi connectivity index (χ1) is 7.00.